The SMILES string of the molecule is C=CCNC(=O)c1ccccc1NC(=O)c1ccc(NS(=O)(=O)c2ccc(C)c(C)c2)cc1. The highest BCUT2D eigenvalue weighted by atomic mass is 32.2. The van der Waals surface area contributed by atoms with Crippen molar-refractivity contribution in [2.45, 2.75) is 18.7 Å². The topological polar surface area (TPSA) is 104 Å². The predicted octanol–water partition coefficient (Wildman–Crippen LogP) is 4.27. The Morgan fingerprint density at radius 3 is 2.27 bits per heavy atom. The maximum absolute atomic E-state index is 12.7. The molecule has 2 amide bonds. The third kappa shape index (κ3) is 5.87. The van der Waals surface area contributed by atoms with E-state index in [1.54, 1.807) is 48.5 Å². The summed E-state index contributed by atoms with van der Waals surface area (Å²) >= 11 is 0. The molecule has 0 aliphatic carbocycles. The summed E-state index contributed by atoms with van der Waals surface area (Å²) in [6.07, 6.45) is 1.56. The number of rotatable bonds is 8. The largest absolute Gasteiger partial charge is 0.349 e. The maximum Gasteiger partial charge on any atom is 0.261 e. The number of aryl methyl sites for hydroxylation is 2. The van der Waals surface area contributed by atoms with Crippen molar-refractivity contribution in [2.24, 2.45) is 0 Å². The molecule has 3 aromatic carbocycles. The van der Waals surface area contributed by atoms with Crippen LogP contribution >= 0.6 is 0 Å². The van der Waals surface area contributed by atoms with Gasteiger partial charge in [-0.1, -0.05) is 24.3 Å². The molecule has 170 valence electrons. The van der Waals surface area contributed by atoms with E-state index in [1.807, 2.05) is 13.8 Å². The molecule has 0 saturated heterocycles. The maximum atomic E-state index is 12.7. The lowest BCUT2D eigenvalue weighted by Crippen LogP contribution is -2.25. The fraction of sp³-hybridized carbons (Fsp3) is 0.120. The van der Waals surface area contributed by atoms with Crippen LogP contribution in [0.4, 0.5) is 11.4 Å². The molecule has 0 heterocycles. The van der Waals surface area contributed by atoms with Gasteiger partial charge in [0.2, 0.25) is 0 Å². The molecule has 0 saturated carbocycles. The summed E-state index contributed by atoms with van der Waals surface area (Å²) in [5, 5.41) is 5.40. The molecule has 0 bridgehead atoms. The number of sulfonamides is 1. The molecule has 0 fully saturated rings. The van der Waals surface area contributed by atoms with Gasteiger partial charge in [0.05, 0.1) is 16.1 Å². The van der Waals surface area contributed by atoms with Crippen LogP contribution in [0.3, 0.4) is 0 Å². The van der Waals surface area contributed by atoms with Gasteiger partial charge in [-0.2, -0.15) is 0 Å². The number of hydrogen-bond donors (Lipinski definition) is 3. The minimum absolute atomic E-state index is 0.166. The van der Waals surface area contributed by atoms with E-state index < -0.39 is 15.9 Å². The number of nitrogens with one attached hydrogen (secondary N) is 3. The first-order valence-electron chi connectivity index (χ1n) is 10.2. The van der Waals surface area contributed by atoms with E-state index in [1.165, 1.54) is 24.3 Å². The normalized spacial score (nSPS) is 10.8. The van der Waals surface area contributed by atoms with Crippen molar-refractivity contribution in [3.8, 4) is 0 Å². The van der Waals surface area contributed by atoms with Crippen molar-refractivity contribution < 1.29 is 18.0 Å². The number of carbonyl (C=O) groups is 2. The van der Waals surface area contributed by atoms with Crippen LogP contribution in [0, 0.1) is 13.8 Å². The van der Waals surface area contributed by atoms with Crippen molar-refractivity contribution in [3.63, 3.8) is 0 Å². The summed E-state index contributed by atoms with van der Waals surface area (Å²) in [4.78, 5) is 25.2. The number of para-hydroxylation sites is 1. The van der Waals surface area contributed by atoms with Crippen LogP contribution in [-0.2, 0) is 10.0 Å². The van der Waals surface area contributed by atoms with E-state index in [4.69, 9.17) is 0 Å². The smallest absolute Gasteiger partial charge is 0.261 e. The number of amides is 2. The first-order valence-corrected chi connectivity index (χ1v) is 11.7. The Hall–Kier alpha value is -3.91. The van der Waals surface area contributed by atoms with Gasteiger partial charge in [-0.05, 0) is 73.5 Å². The highest BCUT2D eigenvalue weighted by Gasteiger charge is 2.16. The van der Waals surface area contributed by atoms with Gasteiger partial charge in [-0.25, -0.2) is 8.42 Å². The van der Waals surface area contributed by atoms with Gasteiger partial charge in [0.1, 0.15) is 0 Å². The molecule has 33 heavy (non-hydrogen) atoms. The van der Waals surface area contributed by atoms with Gasteiger partial charge < -0.3 is 10.6 Å². The molecular formula is C25H25N3O4S. The monoisotopic (exact) mass is 463 g/mol. The number of hydrogen-bond acceptors (Lipinski definition) is 4. The summed E-state index contributed by atoms with van der Waals surface area (Å²) in [6.45, 7) is 7.63. The van der Waals surface area contributed by atoms with Crippen LogP contribution in [0.5, 0.6) is 0 Å². The zero-order valence-electron chi connectivity index (χ0n) is 18.4. The van der Waals surface area contributed by atoms with Gasteiger partial charge in [0.25, 0.3) is 21.8 Å². The van der Waals surface area contributed by atoms with E-state index in [-0.39, 0.29) is 10.8 Å². The summed E-state index contributed by atoms with van der Waals surface area (Å²) in [7, 11) is -3.76. The Balaban J connectivity index is 1.73. The highest BCUT2D eigenvalue weighted by Crippen LogP contribution is 2.20. The zero-order valence-corrected chi connectivity index (χ0v) is 19.2. The molecule has 3 rings (SSSR count). The Bertz CT molecular complexity index is 1300. The first kappa shape index (κ1) is 23.7. The molecule has 0 aliphatic rings. The molecule has 0 unspecified atom stereocenters. The van der Waals surface area contributed by atoms with Gasteiger partial charge in [0, 0.05) is 17.8 Å². The lowest BCUT2D eigenvalue weighted by molar-refractivity contribution is 0.0959. The van der Waals surface area contributed by atoms with Gasteiger partial charge in [-0.3, -0.25) is 14.3 Å². The van der Waals surface area contributed by atoms with E-state index >= 15 is 0 Å². The standard InChI is InChI=1S/C25H25N3O4S/c1-4-15-26-25(30)22-7-5-6-8-23(22)27-24(29)19-10-12-20(13-11-19)28-33(31,32)21-14-9-17(2)18(3)16-21/h4-14,16,28H,1,15H2,2-3H3,(H,26,30)(H,27,29). The van der Waals surface area contributed by atoms with Crippen molar-refractivity contribution in [1.82, 2.24) is 5.32 Å². The Kier molecular flexibility index (Phi) is 7.30. The molecule has 3 N–H and O–H groups in total. The molecule has 7 nitrogen and oxygen atoms in total. The molecule has 3 aromatic rings. The fourth-order valence-electron chi connectivity index (χ4n) is 3.03. The van der Waals surface area contributed by atoms with Crippen molar-refractivity contribution in [2.75, 3.05) is 16.6 Å². The lowest BCUT2D eigenvalue weighted by atomic mass is 10.1. The summed E-state index contributed by atoms with van der Waals surface area (Å²) in [6, 6.07) is 17.6. The second kappa shape index (κ2) is 10.1. The predicted molar refractivity (Wildman–Crippen MR) is 130 cm³/mol. The first-order chi connectivity index (χ1) is 15.7. The summed E-state index contributed by atoms with van der Waals surface area (Å²) < 4.78 is 27.9. The quantitative estimate of drug-likeness (QED) is 0.434. The van der Waals surface area contributed by atoms with Crippen LogP contribution in [0.15, 0.2) is 84.3 Å². The Morgan fingerprint density at radius 1 is 0.909 bits per heavy atom. The molecule has 0 aliphatic heterocycles. The average molecular weight is 464 g/mol. The third-order valence-electron chi connectivity index (χ3n) is 5.01. The highest BCUT2D eigenvalue weighted by molar-refractivity contribution is 7.92. The van der Waals surface area contributed by atoms with E-state index in [9.17, 15) is 18.0 Å². The molecule has 0 spiro atoms. The molecule has 8 heteroatoms. The van der Waals surface area contributed by atoms with Crippen molar-refractivity contribution in [3.05, 3.63) is 102 Å². The summed E-state index contributed by atoms with van der Waals surface area (Å²) in [5.41, 5.74) is 3.21. The number of anilines is 2. The minimum Gasteiger partial charge on any atom is -0.349 e. The molecule has 0 radical (unpaired) electrons. The Labute approximate surface area is 193 Å². The van der Waals surface area contributed by atoms with Gasteiger partial charge in [0.15, 0.2) is 0 Å². The molecular weight excluding hydrogens is 438 g/mol. The second-order valence-corrected chi connectivity index (χ2v) is 9.11. The average Bonchev–Trinajstić information content (AvgIpc) is 2.79. The van der Waals surface area contributed by atoms with Gasteiger partial charge in [-0.15, -0.1) is 6.58 Å². The number of carbonyl (C=O) groups excluding carboxylic acids is 2. The zero-order chi connectivity index (χ0) is 24.0. The van der Waals surface area contributed by atoms with Crippen molar-refractivity contribution >= 4 is 33.2 Å². The minimum atomic E-state index is -3.76. The Morgan fingerprint density at radius 2 is 1.61 bits per heavy atom. The second-order valence-electron chi connectivity index (χ2n) is 7.43. The molecule has 0 atom stereocenters. The molecule has 0 aromatic heterocycles. The summed E-state index contributed by atoms with van der Waals surface area (Å²) in [5.74, 6) is -0.760. The van der Waals surface area contributed by atoms with Crippen LogP contribution in [-0.4, -0.2) is 26.8 Å². The van der Waals surface area contributed by atoms with Crippen LogP contribution in [0.2, 0.25) is 0 Å². The van der Waals surface area contributed by atoms with Gasteiger partial charge >= 0.3 is 0 Å². The van der Waals surface area contributed by atoms with E-state index in [0.717, 1.165) is 11.1 Å². The number of benzene rings is 3. The van der Waals surface area contributed by atoms with Crippen molar-refractivity contribution in [1.29, 1.82) is 0 Å². The van der Waals surface area contributed by atoms with E-state index in [2.05, 4.69) is 21.9 Å². The van der Waals surface area contributed by atoms with Crippen LogP contribution in [0.1, 0.15) is 31.8 Å². The van der Waals surface area contributed by atoms with E-state index in [0.29, 0.717) is 29.0 Å². The fourth-order valence-corrected chi connectivity index (χ4v) is 4.17. The lowest BCUT2D eigenvalue weighted by Gasteiger charge is -2.12. The van der Waals surface area contributed by atoms with Crippen LogP contribution < -0.4 is 15.4 Å². The third-order valence-corrected chi connectivity index (χ3v) is 6.39. The van der Waals surface area contributed by atoms with Crippen LogP contribution in [0.25, 0.3) is 0 Å².